The summed E-state index contributed by atoms with van der Waals surface area (Å²) in [7, 11) is 3.39. The highest BCUT2D eigenvalue weighted by Crippen LogP contribution is 2.34. The van der Waals surface area contributed by atoms with E-state index >= 15 is 0 Å². The van der Waals surface area contributed by atoms with Gasteiger partial charge in [0, 0.05) is 25.4 Å². The van der Waals surface area contributed by atoms with Crippen LogP contribution in [0.5, 0.6) is 5.75 Å². The third-order valence-corrected chi connectivity index (χ3v) is 5.44. The monoisotopic (exact) mass is 384 g/mol. The Morgan fingerprint density at radius 3 is 2.56 bits per heavy atom. The number of nitrogens with zero attached hydrogens (tertiary/aromatic N) is 2. The van der Waals surface area contributed by atoms with Crippen LogP contribution < -0.4 is 9.64 Å². The lowest BCUT2D eigenvalue weighted by atomic mass is 10.1. The summed E-state index contributed by atoms with van der Waals surface area (Å²) in [6.07, 6.45) is 0.555. The molecule has 0 radical (unpaired) electrons. The van der Waals surface area contributed by atoms with Gasteiger partial charge in [-0.25, -0.2) is 0 Å². The zero-order valence-electron chi connectivity index (χ0n) is 15.6. The molecule has 27 heavy (non-hydrogen) atoms. The Bertz CT molecular complexity index is 795. The van der Waals surface area contributed by atoms with E-state index in [1.54, 1.807) is 36.8 Å². The van der Waals surface area contributed by atoms with Crippen LogP contribution in [0.25, 0.3) is 0 Å². The summed E-state index contributed by atoms with van der Waals surface area (Å²) in [5, 5.41) is 0. The number of hydrogen-bond acceptors (Lipinski definition) is 4. The number of thioether (sulfide) groups is 1. The third kappa shape index (κ3) is 4.83. The van der Waals surface area contributed by atoms with Gasteiger partial charge >= 0.3 is 0 Å². The molecule has 2 aromatic rings. The van der Waals surface area contributed by atoms with Crippen molar-refractivity contribution in [1.29, 1.82) is 0 Å². The van der Waals surface area contributed by atoms with E-state index in [4.69, 9.17) is 4.74 Å². The number of para-hydroxylation sites is 2. The number of hydrogen-bond donors (Lipinski definition) is 0. The van der Waals surface area contributed by atoms with Gasteiger partial charge in [0.2, 0.25) is 5.91 Å². The van der Waals surface area contributed by atoms with Gasteiger partial charge in [-0.05, 0) is 36.4 Å². The van der Waals surface area contributed by atoms with E-state index in [2.05, 4.69) is 12.1 Å². The number of carbonyl (C=O) groups excluding carboxylic acids is 2. The number of likely N-dealkylation sites (N-methyl/N-ethyl adjacent to an activating group) is 1. The minimum atomic E-state index is -0.669. The van der Waals surface area contributed by atoms with E-state index in [9.17, 15) is 9.59 Å². The predicted molar refractivity (Wildman–Crippen MR) is 108 cm³/mol. The maximum atomic E-state index is 12.8. The average Bonchev–Trinajstić information content (AvgIpc) is 2.70. The molecule has 142 valence electrons. The molecule has 0 fully saturated rings. The highest BCUT2D eigenvalue weighted by molar-refractivity contribution is 7.99. The number of benzene rings is 2. The number of ether oxygens (including phenoxy) is 1. The van der Waals surface area contributed by atoms with Crippen molar-refractivity contribution < 1.29 is 14.3 Å². The summed E-state index contributed by atoms with van der Waals surface area (Å²) < 4.78 is 5.83. The molecule has 5 nitrogen and oxygen atoms in total. The van der Waals surface area contributed by atoms with Crippen LogP contribution in [0.15, 0.2) is 59.5 Å². The molecule has 1 atom stereocenters. The van der Waals surface area contributed by atoms with Crippen molar-refractivity contribution in [2.75, 3.05) is 31.3 Å². The molecule has 0 saturated heterocycles. The van der Waals surface area contributed by atoms with Gasteiger partial charge in [-0.2, -0.15) is 0 Å². The maximum absolute atomic E-state index is 12.8. The topological polar surface area (TPSA) is 49.9 Å². The van der Waals surface area contributed by atoms with Crippen LogP contribution in [0.2, 0.25) is 0 Å². The van der Waals surface area contributed by atoms with Gasteiger partial charge in [0.25, 0.3) is 5.91 Å². The van der Waals surface area contributed by atoms with Crippen LogP contribution in [-0.2, 0) is 9.59 Å². The second-order valence-electron chi connectivity index (χ2n) is 6.58. The molecule has 0 spiro atoms. The van der Waals surface area contributed by atoms with Crippen molar-refractivity contribution in [2.45, 2.75) is 23.8 Å². The molecule has 0 bridgehead atoms. The first-order chi connectivity index (χ1) is 13.1. The second kappa shape index (κ2) is 8.95. The Balaban J connectivity index is 1.62. The predicted octanol–water partition coefficient (Wildman–Crippen LogP) is 3.44. The van der Waals surface area contributed by atoms with E-state index < -0.39 is 6.10 Å². The summed E-state index contributed by atoms with van der Waals surface area (Å²) in [6.45, 7) is 0.249. The number of carbonyl (C=O) groups is 2. The first kappa shape index (κ1) is 19.3. The smallest absolute Gasteiger partial charge is 0.265 e. The lowest BCUT2D eigenvalue weighted by Crippen LogP contribution is -2.50. The van der Waals surface area contributed by atoms with Crippen molar-refractivity contribution in [3.8, 4) is 5.75 Å². The average molecular weight is 385 g/mol. The normalized spacial score (nSPS) is 15.6. The first-order valence-corrected chi connectivity index (χ1v) is 10.00. The fraction of sp³-hybridized carbons (Fsp3) is 0.333. The molecule has 0 unspecified atom stereocenters. The van der Waals surface area contributed by atoms with Crippen LogP contribution >= 0.6 is 11.8 Å². The van der Waals surface area contributed by atoms with Gasteiger partial charge in [0.05, 0.1) is 12.2 Å². The van der Waals surface area contributed by atoms with E-state index in [1.807, 2.05) is 36.4 Å². The van der Waals surface area contributed by atoms with E-state index in [0.717, 1.165) is 17.9 Å². The maximum Gasteiger partial charge on any atom is 0.265 e. The van der Waals surface area contributed by atoms with Crippen LogP contribution in [0.1, 0.15) is 12.8 Å². The Hall–Kier alpha value is -2.47. The number of anilines is 1. The lowest BCUT2D eigenvalue weighted by molar-refractivity contribution is -0.136. The molecule has 3 rings (SSSR count). The van der Waals surface area contributed by atoms with Gasteiger partial charge in [-0.1, -0.05) is 30.3 Å². The minimum Gasteiger partial charge on any atom is -0.476 e. The largest absolute Gasteiger partial charge is 0.476 e. The molecule has 2 amide bonds. The molecular formula is C21H24N2O3S. The highest BCUT2D eigenvalue weighted by Gasteiger charge is 2.34. The molecule has 6 heteroatoms. The number of amides is 2. The van der Waals surface area contributed by atoms with Gasteiger partial charge in [-0.15, -0.1) is 11.8 Å². The van der Waals surface area contributed by atoms with Crippen LogP contribution in [0.4, 0.5) is 5.69 Å². The van der Waals surface area contributed by atoms with E-state index in [0.29, 0.717) is 12.2 Å². The molecule has 1 heterocycles. The molecule has 1 aliphatic rings. The Morgan fingerprint density at radius 1 is 1.11 bits per heavy atom. The Morgan fingerprint density at radius 2 is 1.81 bits per heavy atom. The molecule has 2 aromatic carbocycles. The Kier molecular flexibility index (Phi) is 6.40. The van der Waals surface area contributed by atoms with Crippen LogP contribution in [-0.4, -0.2) is 49.2 Å². The van der Waals surface area contributed by atoms with Gasteiger partial charge < -0.3 is 14.5 Å². The quantitative estimate of drug-likeness (QED) is 0.565. The number of rotatable bonds is 6. The standard InChI is InChI=1S/C21H24N2O3S/c1-22(2)21(25)19-15-23(17-11-6-7-12-18(17)26-19)20(24)13-8-14-27-16-9-4-3-5-10-16/h3-7,9-12,19H,8,13-15H2,1-2H3/t19-/m1/s1. The van der Waals surface area contributed by atoms with Crippen LogP contribution in [0.3, 0.4) is 0 Å². The fourth-order valence-corrected chi connectivity index (χ4v) is 3.83. The third-order valence-electron chi connectivity index (χ3n) is 4.34. The fourth-order valence-electron chi connectivity index (χ4n) is 2.95. The first-order valence-electron chi connectivity index (χ1n) is 9.01. The van der Waals surface area contributed by atoms with Crippen molar-refractivity contribution >= 4 is 29.3 Å². The van der Waals surface area contributed by atoms with E-state index in [-0.39, 0.29) is 18.4 Å². The van der Waals surface area contributed by atoms with Gasteiger partial charge in [-0.3, -0.25) is 9.59 Å². The Labute approximate surface area is 164 Å². The summed E-state index contributed by atoms with van der Waals surface area (Å²) in [5.74, 6) is 1.34. The summed E-state index contributed by atoms with van der Waals surface area (Å²) >= 11 is 1.75. The zero-order valence-corrected chi connectivity index (χ0v) is 16.4. The lowest BCUT2D eigenvalue weighted by Gasteiger charge is -2.35. The summed E-state index contributed by atoms with van der Waals surface area (Å²) in [5.41, 5.74) is 0.737. The van der Waals surface area contributed by atoms with Crippen molar-refractivity contribution in [3.05, 3.63) is 54.6 Å². The zero-order chi connectivity index (χ0) is 19.2. The molecule has 0 saturated carbocycles. The van der Waals surface area contributed by atoms with Crippen molar-refractivity contribution in [1.82, 2.24) is 4.90 Å². The summed E-state index contributed by atoms with van der Waals surface area (Å²) in [6, 6.07) is 17.6. The van der Waals surface area contributed by atoms with Crippen LogP contribution in [0, 0.1) is 0 Å². The highest BCUT2D eigenvalue weighted by atomic mass is 32.2. The SMILES string of the molecule is CN(C)C(=O)[C@H]1CN(C(=O)CCCSc2ccccc2)c2ccccc2O1. The second-order valence-corrected chi connectivity index (χ2v) is 7.74. The summed E-state index contributed by atoms with van der Waals surface area (Å²) in [4.78, 5) is 29.6. The van der Waals surface area contributed by atoms with Gasteiger partial charge in [0.15, 0.2) is 6.10 Å². The molecule has 1 aliphatic heterocycles. The van der Waals surface area contributed by atoms with Crippen molar-refractivity contribution in [2.24, 2.45) is 0 Å². The molecule has 0 aromatic heterocycles. The minimum absolute atomic E-state index is 0.0240. The van der Waals surface area contributed by atoms with Gasteiger partial charge in [0.1, 0.15) is 5.75 Å². The molecule has 0 N–H and O–H groups in total. The van der Waals surface area contributed by atoms with Crippen molar-refractivity contribution in [3.63, 3.8) is 0 Å². The molecule has 0 aliphatic carbocycles. The number of fused-ring (bicyclic) bond motifs is 1. The molecular weight excluding hydrogens is 360 g/mol. The van der Waals surface area contributed by atoms with E-state index in [1.165, 1.54) is 9.80 Å².